The minimum absolute atomic E-state index is 0.163. The Morgan fingerprint density at radius 3 is 2.68 bits per heavy atom. The lowest BCUT2D eigenvalue weighted by Gasteiger charge is -2.22. The number of aromatic nitrogens is 1. The van der Waals surface area contributed by atoms with Crippen molar-refractivity contribution in [1.29, 1.82) is 0 Å². The number of nitrogens with zero attached hydrogens (tertiary/aromatic N) is 1. The van der Waals surface area contributed by atoms with Gasteiger partial charge in [-0.25, -0.2) is 9.78 Å². The number of amides is 2. The summed E-state index contributed by atoms with van der Waals surface area (Å²) in [5.41, 5.74) is 4.15. The fourth-order valence-corrected chi connectivity index (χ4v) is 2.56. The predicted molar refractivity (Wildman–Crippen MR) is 95.9 cm³/mol. The van der Waals surface area contributed by atoms with Crippen molar-refractivity contribution in [1.82, 2.24) is 4.90 Å². The van der Waals surface area contributed by atoms with E-state index in [1.807, 2.05) is 61.8 Å². The van der Waals surface area contributed by atoms with Crippen molar-refractivity contribution in [3.8, 4) is 0 Å². The van der Waals surface area contributed by atoms with Crippen LogP contribution in [0.2, 0.25) is 0 Å². The third-order valence-corrected chi connectivity index (χ3v) is 4.12. The maximum Gasteiger partial charge on any atom is 0.322 e. The Labute approximate surface area is 147 Å². The molecular weight excluding hydrogens is 314 g/mol. The standard InChI is InChI=1S/C20H21N3O2/c1-15-7-8-18(11-16(15)2)22-20(24)23(14-19-6-4-10-25-19)13-17-5-3-9-21-12-17/h3-12H,13-14H2,1-2H3,(H,22,24)/p+1. The first-order valence-electron chi connectivity index (χ1n) is 8.22. The summed E-state index contributed by atoms with van der Waals surface area (Å²) in [4.78, 5) is 17.6. The molecule has 0 saturated heterocycles. The molecule has 2 N–H and O–H groups in total. The van der Waals surface area contributed by atoms with Gasteiger partial charge in [0.15, 0.2) is 12.4 Å². The van der Waals surface area contributed by atoms with Gasteiger partial charge >= 0.3 is 6.03 Å². The summed E-state index contributed by atoms with van der Waals surface area (Å²) in [7, 11) is 0. The van der Waals surface area contributed by atoms with Crippen LogP contribution >= 0.6 is 0 Å². The van der Waals surface area contributed by atoms with E-state index in [0.717, 1.165) is 22.6 Å². The van der Waals surface area contributed by atoms with Crippen molar-refractivity contribution in [2.75, 3.05) is 5.32 Å². The first kappa shape index (κ1) is 16.8. The molecule has 1 aromatic carbocycles. The van der Waals surface area contributed by atoms with Gasteiger partial charge in [0.2, 0.25) is 0 Å². The van der Waals surface area contributed by atoms with Crippen LogP contribution in [0.4, 0.5) is 10.5 Å². The lowest BCUT2D eigenvalue weighted by Crippen LogP contribution is -2.34. The molecule has 2 heterocycles. The highest BCUT2D eigenvalue weighted by atomic mass is 16.3. The quantitative estimate of drug-likeness (QED) is 0.767. The van der Waals surface area contributed by atoms with Crippen molar-refractivity contribution < 1.29 is 14.2 Å². The molecule has 0 bridgehead atoms. The molecule has 3 rings (SSSR count). The second-order valence-electron chi connectivity index (χ2n) is 6.08. The van der Waals surface area contributed by atoms with Gasteiger partial charge in [0, 0.05) is 17.3 Å². The highest BCUT2D eigenvalue weighted by Crippen LogP contribution is 2.16. The number of rotatable bonds is 5. The number of carbonyl (C=O) groups is 1. The predicted octanol–water partition coefficient (Wildman–Crippen LogP) is 3.94. The van der Waals surface area contributed by atoms with Crippen LogP contribution in [0.25, 0.3) is 0 Å². The molecule has 0 spiro atoms. The molecule has 0 aliphatic rings. The van der Waals surface area contributed by atoms with E-state index in [1.165, 1.54) is 5.56 Å². The van der Waals surface area contributed by atoms with Crippen LogP contribution in [-0.2, 0) is 13.1 Å². The molecule has 128 valence electrons. The van der Waals surface area contributed by atoms with Crippen LogP contribution in [0.1, 0.15) is 22.5 Å². The normalized spacial score (nSPS) is 10.5. The first-order chi connectivity index (χ1) is 12.1. The van der Waals surface area contributed by atoms with Crippen molar-refractivity contribution in [2.45, 2.75) is 26.9 Å². The summed E-state index contributed by atoms with van der Waals surface area (Å²) >= 11 is 0. The molecule has 3 aromatic rings. The molecule has 25 heavy (non-hydrogen) atoms. The van der Waals surface area contributed by atoms with Gasteiger partial charge in [-0.05, 0) is 55.3 Å². The maximum atomic E-state index is 12.8. The number of hydrogen-bond donors (Lipinski definition) is 1. The highest BCUT2D eigenvalue weighted by molar-refractivity contribution is 5.89. The molecule has 2 aromatic heterocycles. The topological polar surface area (TPSA) is 59.6 Å². The van der Waals surface area contributed by atoms with Crippen LogP contribution in [0.5, 0.6) is 0 Å². The van der Waals surface area contributed by atoms with E-state index in [-0.39, 0.29) is 6.03 Å². The molecule has 0 aliphatic carbocycles. The molecule has 0 unspecified atom stereocenters. The molecule has 2 amide bonds. The van der Waals surface area contributed by atoms with Gasteiger partial charge in [0.05, 0.1) is 19.4 Å². The number of urea groups is 1. The summed E-state index contributed by atoms with van der Waals surface area (Å²) < 4.78 is 5.41. The number of pyridine rings is 1. The van der Waals surface area contributed by atoms with Gasteiger partial charge in [0.25, 0.3) is 0 Å². The van der Waals surface area contributed by atoms with Crippen molar-refractivity contribution in [3.63, 3.8) is 0 Å². The number of nitrogens with one attached hydrogen (secondary N) is 2. The van der Waals surface area contributed by atoms with E-state index in [9.17, 15) is 4.79 Å². The van der Waals surface area contributed by atoms with Gasteiger partial charge in [-0.15, -0.1) is 0 Å². The third kappa shape index (κ3) is 4.47. The van der Waals surface area contributed by atoms with E-state index in [1.54, 1.807) is 11.2 Å². The number of aryl methyl sites for hydroxylation is 2. The summed E-state index contributed by atoms with van der Waals surface area (Å²) in [6.45, 7) is 4.97. The Bertz CT molecular complexity index is 829. The second-order valence-corrected chi connectivity index (χ2v) is 6.08. The number of H-pyrrole nitrogens is 1. The van der Waals surface area contributed by atoms with Crippen LogP contribution in [0.15, 0.2) is 65.5 Å². The lowest BCUT2D eigenvalue weighted by molar-refractivity contribution is -0.378. The largest absolute Gasteiger partial charge is 0.467 e. The summed E-state index contributed by atoms with van der Waals surface area (Å²) in [6.07, 6.45) is 5.35. The number of carbonyl (C=O) groups excluding carboxylic acids is 1. The average Bonchev–Trinajstić information content (AvgIpc) is 3.12. The molecule has 5 nitrogen and oxygen atoms in total. The summed E-state index contributed by atoms with van der Waals surface area (Å²) in [6, 6.07) is 13.3. The second kappa shape index (κ2) is 7.66. The third-order valence-electron chi connectivity index (χ3n) is 4.12. The van der Waals surface area contributed by atoms with E-state index in [2.05, 4.69) is 17.2 Å². The number of hydrogen-bond acceptors (Lipinski definition) is 2. The van der Waals surface area contributed by atoms with Gasteiger partial charge in [-0.2, -0.15) is 0 Å². The Hall–Kier alpha value is -3.08. The fourth-order valence-electron chi connectivity index (χ4n) is 2.56. The smallest absolute Gasteiger partial charge is 0.322 e. The Balaban J connectivity index is 1.77. The summed E-state index contributed by atoms with van der Waals surface area (Å²) in [5.74, 6) is 0.746. The molecule has 5 heteroatoms. The van der Waals surface area contributed by atoms with Crippen LogP contribution < -0.4 is 10.3 Å². The van der Waals surface area contributed by atoms with Crippen molar-refractivity contribution in [3.05, 3.63) is 83.6 Å². The van der Waals surface area contributed by atoms with Crippen LogP contribution in [0.3, 0.4) is 0 Å². The SMILES string of the molecule is Cc1ccc(NC(=O)N(Cc2ccc[nH+]c2)Cc2ccco2)cc1C. The van der Waals surface area contributed by atoms with Gasteiger partial charge in [-0.3, -0.25) is 0 Å². The zero-order chi connectivity index (χ0) is 17.6. The Kier molecular flexibility index (Phi) is 5.14. The fraction of sp³-hybridized carbons (Fsp3) is 0.200. The van der Waals surface area contributed by atoms with Crippen molar-refractivity contribution in [2.24, 2.45) is 0 Å². The maximum absolute atomic E-state index is 12.8. The Morgan fingerprint density at radius 1 is 1.12 bits per heavy atom. The zero-order valence-electron chi connectivity index (χ0n) is 14.5. The zero-order valence-corrected chi connectivity index (χ0v) is 14.5. The molecule has 0 radical (unpaired) electrons. The number of furan rings is 1. The van der Waals surface area contributed by atoms with E-state index < -0.39 is 0 Å². The van der Waals surface area contributed by atoms with Gasteiger partial charge in [-0.1, -0.05) is 6.07 Å². The van der Waals surface area contributed by atoms with Crippen LogP contribution in [-0.4, -0.2) is 10.9 Å². The highest BCUT2D eigenvalue weighted by Gasteiger charge is 2.17. The van der Waals surface area contributed by atoms with Crippen molar-refractivity contribution >= 4 is 11.7 Å². The molecule has 0 atom stereocenters. The first-order valence-corrected chi connectivity index (χ1v) is 8.22. The Morgan fingerprint density at radius 2 is 2.00 bits per heavy atom. The molecule has 0 fully saturated rings. The van der Waals surface area contributed by atoms with E-state index in [4.69, 9.17) is 4.42 Å². The van der Waals surface area contributed by atoms with Crippen LogP contribution in [0, 0.1) is 13.8 Å². The molecule has 0 saturated carbocycles. The van der Waals surface area contributed by atoms with Gasteiger partial charge < -0.3 is 14.6 Å². The average molecular weight is 336 g/mol. The summed E-state index contributed by atoms with van der Waals surface area (Å²) in [5, 5.41) is 2.98. The number of anilines is 1. The van der Waals surface area contributed by atoms with E-state index >= 15 is 0 Å². The number of benzene rings is 1. The van der Waals surface area contributed by atoms with E-state index in [0.29, 0.717) is 13.1 Å². The molecule has 0 aliphatic heterocycles. The minimum Gasteiger partial charge on any atom is -0.467 e. The minimum atomic E-state index is -0.163. The van der Waals surface area contributed by atoms with Gasteiger partial charge in [0.1, 0.15) is 5.76 Å². The monoisotopic (exact) mass is 336 g/mol. The lowest BCUT2D eigenvalue weighted by atomic mass is 10.1. The number of aromatic amines is 1. The molecular formula is C20H22N3O2+.